The second kappa shape index (κ2) is 8.58. The van der Waals surface area contributed by atoms with E-state index in [0.717, 1.165) is 13.1 Å². The zero-order chi connectivity index (χ0) is 16.2. The maximum absolute atomic E-state index is 11.9. The van der Waals surface area contributed by atoms with Crippen LogP contribution in [-0.4, -0.2) is 30.7 Å². The van der Waals surface area contributed by atoms with Crippen LogP contribution in [0.4, 0.5) is 0 Å². The van der Waals surface area contributed by atoms with E-state index < -0.39 is 0 Å². The zero-order valence-corrected chi connectivity index (χ0v) is 14.9. The average molecular weight is 393 g/mol. The minimum Gasteiger partial charge on any atom is -0.482 e. The summed E-state index contributed by atoms with van der Waals surface area (Å²) < 4.78 is 10.6. The van der Waals surface area contributed by atoms with Crippen molar-refractivity contribution in [3.05, 3.63) is 45.8 Å². The van der Waals surface area contributed by atoms with Crippen LogP contribution < -0.4 is 15.4 Å². The Kier molecular flexibility index (Phi) is 6.74. The van der Waals surface area contributed by atoms with Gasteiger partial charge in [-0.25, -0.2) is 0 Å². The van der Waals surface area contributed by atoms with Crippen molar-refractivity contribution in [3.8, 4) is 5.75 Å². The molecule has 3 rings (SSSR count). The number of carbonyl (C=O) groups is 1. The van der Waals surface area contributed by atoms with E-state index in [2.05, 4.69) is 15.8 Å². The number of amides is 1. The highest BCUT2D eigenvalue weighted by Crippen LogP contribution is 2.32. The van der Waals surface area contributed by atoms with Gasteiger partial charge in [0.2, 0.25) is 0 Å². The minimum absolute atomic E-state index is 0. The van der Waals surface area contributed by atoms with Crippen molar-refractivity contribution in [2.24, 2.45) is 5.92 Å². The molecule has 1 fully saturated rings. The Morgan fingerprint density at radius 3 is 2.71 bits per heavy atom. The molecule has 0 aliphatic carbocycles. The van der Waals surface area contributed by atoms with Gasteiger partial charge in [0.15, 0.2) is 17.2 Å². The molecule has 1 aliphatic rings. The summed E-state index contributed by atoms with van der Waals surface area (Å²) in [6.45, 7) is 2.56. The molecule has 130 valence electrons. The predicted octanol–water partition coefficient (Wildman–Crippen LogP) is 2.93. The first-order chi connectivity index (χ1) is 11.1. The molecule has 1 amide bonds. The van der Waals surface area contributed by atoms with Crippen LogP contribution in [0.1, 0.15) is 16.2 Å². The smallest absolute Gasteiger partial charge is 0.273 e. The van der Waals surface area contributed by atoms with E-state index in [1.54, 1.807) is 24.3 Å². The molecule has 1 aromatic heterocycles. The van der Waals surface area contributed by atoms with Crippen LogP contribution in [0.3, 0.4) is 0 Å². The van der Waals surface area contributed by atoms with Crippen LogP contribution >= 0.6 is 35.6 Å². The van der Waals surface area contributed by atoms with Crippen LogP contribution in [-0.2, 0) is 6.61 Å². The number of nitrogens with one attached hydrogen (secondary N) is 2. The van der Waals surface area contributed by atoms with Crippen molar-refractivity contribution >= 4 is 41.5 Å². The fraction of sp³-hybridized carbons (Fsp3) is 0.333. The molecule has 0 radical (unpaired) electrons. The number of benzene rings is 1. The molecule has 1 aliphatic heterocycles. The van der Waals surface area contributed by atoms with E-state index in [1.807, 2.05) is 0 Å². The molecular weight excluding hydrogens is 377 g/mol. The lowest BCUT2D eigenvalue weighted by Crippen LogP contribution is -2.48. The first-order valence-corrected chi connectivity index (χ1v) is 7.90. The van der Waals surface area contributed by atoms with Gasteiger partial charge in [0, 0.05) is 31.6 Å². The van der Waals surface area contributed by atoms with E-state index in [9.17, 15) is 4.79 Å². The van der Waals surface area contributed by atoms with Gasteiger partial charge in [0.1, 0.15) is 6.61 Å². The van der Waals surface area contributed by atoms with Crippen molar-refractivity contribution < 1.29 is 14.1 Å². The summed E-state index contributed by atoms with van der Waals surface area (Å²) in [6, 6.07) is 6.62. The molecule has 1 saturated heterocycles. The first-order valence-electron chi connectivity index (χ1n) is 7.15. The lowest BCUT2D eigenvalue weighted by molar-refractivity contribution is 0.0933. The Balaban J connectivity index is 0.00000208. The minimum atomic E-state index is -0.261. The largest absolute Gasteiger partial charge is 0.482 e. The molecule has 6 nitrogen and oxygen atoms in total. The number of para-hydroxylation sites is 1. The molecule has 0 unspecified atom stereocenters. The van der Waals surface area contributed by atoms with E-state index in [4.69, 9.17) is 32.5 Å². The van der Waals surface area contributed by atoms with Crippen LogP contribution in [0.5, 0.6) is 5.75 Å². The number of hydrogen-bond donors (Lipinski definition) is 2. The fourth-order valence-electron chi connectivity index (χ4n) is 2.07. The number of aromatic nitrogens is 1. The first kappa shape index (κ1) is 18.9. The number of halogens is 3. The highest BCUT2D eigenvalue weighted by molar-refractivity contribution is 6.37. The molecule has 2 N–H and O–H groups in total. The van der Waals surface area contributed by atoms with E-state index in [1.165, 1.54) is 0 Å². The average Bonchev–Trinajstić information content (AvgIpc) is 2.94. The number of rotatable bonds is 6. The molecule has 2 heterocycles. The highest BCUT2D eigenvalue weighted by Gasteiger charge is 2.19. The summed E-state index contributed by atoms with van der Waals surface area (Å²) in [7, 11) is 0. The summed E-state index contributed by atoms with van der Waals surface area (Å²) in [6.07, 6.45) is 0. The van der Waals surface area contributed by atoms with Crippen molar-refractivity contribution in [2.75, 3.05) is 19.6 Å². The Morgan fingerprint density at radius 2 is 2.08 bits per heavy atom. The lowest BCUT2D eigenvalue weighted by atomic mass is 10.0. The Morgan fingerprint density at radius 1 is 1.38 bits per heavy atom. The van der Waals surface area contributed by atoms with Gasteiger partial charge in [-0.15, -0.1) is 12.4 Å². The number of nitrogens with zero attached hydrogens (tertiary/aromatic N) is 1. The van der Waals surface area contributed by atoms with Gasteiger partial charge in [0.25, 0.3) is 5.91 Å². The molecular formula is C15H16Cl3N3O3. The van der Waals surface area contributed by atoms with Gasteiger partial charge in [-0.3, -0.25) is 4.79 Å². The second-order valence-electron chi connectivity index (χ2n) is 5.25. The molecule has 1 aromatic carbocycles. The van der Waals surface area contributed by atoms with Crippen molar-refractivity contribution in [2.45, 2.75) is 6.61 Å². The van der Waals surface area contributed by atoms with Crippen LogP contribution in [0.15, 0.2) is 28.8 Å². The topological polar surface area (TPSA) is 76.4 Å². The van der Waals surface area contributed by atoms with Crippen molar-refractivity contribution in [1.29, 1.82) is 0 Å². The van der Waals surface area contributed by atoms with Crippen molar-refractivity contribution in [3.63, 3.8) is 0 Å². The maximum Gasteiger partial charge on any atom is 0.273 e. The van der Waals surface area contributed by atoms with E-state index in [-0.39, 0.29) is 30.6 Å². The molecule has 9 heteroatoms. The van der Waals surface area contributed by atoms with Crippen LogP contribution in [0, 0.1) is 5.92 Å². The number of carbonyl (C=O) groups excluding carboxylic acids is 1. The summed E-state index contributed by atoms with van der Waals surface area (Å²) in [4.78, 5) is 11.9. The Hall–Kier alpha value is -1.47. The van der Waals surface area contributed by atoms with Gasteiger partial charge in [-0.1, -0.05) is 34.4 Å². The van der Waals surface area contributed by atoms with Crippen LogP contribution in [0.25, 0.3) is 0 Å². The fourth-order valence-corrected chi connectivity index (χ4v) is 2.58. The molecule has 0 atom stereocenters. The standard InChI is InChI=1S/C15H15Cl2N3O3.ClH/c16-11-2-1-3-12(17)14(11)22-8-10-4-13(20-23-10)15(21)19-7-9-5-18-6-9;/h1-4,9,18H,5-8H2,(H,19,21);1H. The quantitative estimate of drug-likeness (QED) is 0.790. The molecule has 0 saturated carbocycles. The third-order valence-corrected chi connectivity index (χ3v) is 4.08. The normalized spacial score (nSPS) is 13.8. The van der Waals surface area contributed by atoms with Crippen LogP contribution in [0.2, 0.25) is 10.0 Å². The third kappa shape index (κ3) is 4.54. The maximum atomic E-state index is 11.9. The summed E-state index contributed by atoms with van der Waals surface area (Å²) in [5.74, 6) is 1.01. The van der Waals surface area contributed by atoms with Gasteiger partial charge in [0.05, 0.1) is 10.0 Å². The van der Waals surface area contributed by atoms with E-state index in [0.29, 0.717) is 34.0 Å². The molecule has 0 bridgehead atoms. The summed E-state index contributed by atoms with van der Waals surface area (Å²) in [5, 5.41) is 10.5. The van der Waals surface area contributed by atoms with E-state index >= 15 is 0 Å². The van der Waals surface area contributed by atoms with Crippen molar-refractivity contribution in [1.82, 2.24) is 15.8 Å². The van der Waals surface area contributed by atoms with Gasteiger partial charge < -0.3 is 19.9 Å². The van der Waals surface area contributed by atoms with Gasteiger partial charge >= 0.3 is 0 Å². The summed E-state index contributed by atoms with van der Waals surface area (Å²) in [5.41, 5.74) is 0.223. The second-order valence-corrected chi connectivity index (χ2v) is 6.07. The Bertz CT molecular complexity index is 684. The van der Waals surface area contributed by atoms with Gasteiger partial charge in [-0.2, -0.15) is 0 Å². The molecule has 0 spiro atoms. The third-order valence-electron chi connectivity index (χ3n) is 3.49. The monoisotopic (exact) mass is 391 g/mol. The Labute approximate surface area is 155 Å². The lowest BCUT2D eigenvalue weighted by Gasteiger charge is -2.26. The summed E-state index contributed by atoms with van der Waals surface area (Å²) >= 11 is 12.0. The number of ether oxygens (including phenoxy) is 1. The van der Waals surface area contributed by atoms with Gasteiger partial charge in [-0.05, 0) is 12.1 Å². The predicted molar refractivity (Wildman–Crippen MR) is 93.2 cm³/mol. The SMILES string of the molecule is Cl.O=C(NCC1CNC1)c1cc(COc2c(Cl)cccc2Cl)on1. The molecule has 2 aromatic rings. The molecule has 24 heavy (non-hydrogen) atoms. The highest BCUT2D eigenvalue weighted by atomic mass is 35.5. The number of hydrogen-bond acceptors (Lipinski definition) is 5. The zero-order valence-electron chi connectivity index (χ0n) is 12.6.